The van der Waals surface area contributed by atoms with Crippen molar-refractivity contribution in [1.82, 2.24) is 10.6 Å². The lowest BCUT2D eigenvalue weighted by atomic mass is 10.2. The lowest BCUT2D eigenvalue weighted by molar-refractivity contribution is 0.581. The first-order chi connectivity index (χ1) is 12.4. The third kappa shape index (κ3) is 8.96. The number of hydrogen-bond donors (Lipinski definition) is 2. The molecule has 8 heteroatoms. The van der Waals surface area contributed by atoms with E-state index in [1.165, 1.54) is 11.9 Å². The van der Waals surface area contributed by atoms with Crippen molar-refractivity contribution >= 4 is 45.5 Å². The number of nitrogens with one attached hydrogen (secondary N) is 2. The molecule has 0 aliphatic carbocycles. The molecular formula is C19H31IN4O2S. The molecule has 2 N–H and O–H groups in total. The third-order valence-corrected chi connectivity index (χ3v) is 5.17. The monoisotopic (exact) mass is 506 g/mol. The number of nitrogens with zero attached hydrogens (tertiary/aromatic N) is 2. The van der Waals surface area contributed by atoms with Gasteiger partial charge in [-0.2, -0.15) is 0 Å². The molecule has 0 aromatic heterocycles. The second-order valence-electron chi connectivity index (χ2n) is 6.70. The van der Waals surface area contributed by atoms with Crippen LogP contribution in [0.2, 0.25) is 0 Å². The highest BCUT2D eigenvalue weighted by Crippen LogP contribution is 2.17. The summed E-state index contributed by atoms with van der Waals surface area (Å²) in [4.78, 5) is 6.92. The second kappa shape index (κ2) is 11.5. The summed E-state index contributed by atoms with van der Waals surface area (Å²) in [5.74, 6) is 0.884. The summed E-state index contributed by atoms with van der Waals surface area (Å²) in [6.45, 7) is 7.25. The van der Waals surface area contributed by atoms with Gasteiger partial charge in [0.25, 0.3) is 0 Å². The summed E-state index contributed by atoms with van der Waals surface area (Å²) in [7, 11) is -2.94. The molecule has 27 heavy (non-hydrogen) atoms. The summed E-state index contributed by atoms with van der Waals surface area (Å²) >= 11 is 0. The van der Waals surface area contributed by atoms with Gasteiger partial charge in [0.2, 0.25) is 0 Å². The Morgan fingerprint density at radius 1 is 1.22 bits per heavy atom. The molecule has 152 valence electrons. The molecule has 1 aromatic carbocycles. The standard InChI is InChI=1S/C19H30N4O2S.HI/c1-4-20-19(22-16(2)11-14-26(3,24)25)21-15-17-7-9-18(10-8-17)23-12-5-6-13-23;/h5-10,16H,4,11-15H2,1-3H3,(H2,20,21,22);1H. The topological polar surface area (TPSA) is 73.8 Å². The van der Waals surface area contributed by atoms with Crippen LogP contribution in [0.1, 0.15) is 25.8 Å². The molecule has 1 aromatic rings. The number of anilines is 1. The Balaban J connectivity index is 0.00000364. The van der Waals surface area contributed by atoms with Crippen molar-refractivity contribution in [2.45, 2.75) is 32.9 Å². The average Bonchev–Trinajstić information content (AvgIpc) is 3.12. The number of hydrogen-bond acceptors (Lipinski definition) is 4. The van der Waals surface area contributed by atoms with Crippen molar-refractivity contribution in [1.29, 1.82) is 0 Å². The van der Waals surface area contributed by atoms with Gasteiger partial charge >= 0.3 is 0 Å². The van der Waals surface area contributed by atoms with Gasteiger partial charge in [-0.05, 0) is 38.0 Å². The maximum absolute atomic E-state index is 11.3. The molecule has 0 spiro atoms. The van der Waals surface area contributed by atoms with E-state index in [9.17, 15) is 8.42 Å². The quantitative estimate of drug-likeness (QED) is 0.246. The molecule has 0 saturated heterocycles. The van der Waals surface area contributed by atoms with E-state index in [1.54, 1.807) is 0 Å². The number of sulfone groups is 1. The molecule has 0 amide bonds. The summed E-state index contributed by atoms with van der Waals surface area (Å²) < 4.78 is 22.6. The van der Waals surface area contributed by atoms with Crippen molar-refractivity contribution in [3.8, 4) is 0 Å². The zero-order chi connectivity index (χ0) is 19.0. The van der Waals surface area contributed by atoms with Gasteiger partial charge in [0.15, 0.2) is 5.96 Å². The van der Waals surface area contributed by atoms with Crippen LogP contribution in [0.5, 0.6) is 0 Å². The van der Waals surface area contributed by atoms with Crippen molar-refractivity contribution in [2.24, 2.45) is 4.99 Å². The first-order valence-electron chi connectivity index (χ1n) is 9.09. The molecular weight excluding hydrogens is 475 g/mol. The smallest absolute Gasteiger partial charge is 0.191 e. The second-order valence-corrected chi connectivity index (χ2v) is 8.96. The van der Waals surface area contributed by atoms with E-state index >= 15 is 0 Å². The molecule has 0 bridgehead atoms. The maximum Gasteiger partial charge on any atom is 0.191 e. The molecule has 1 aliphatic rings. The average molecular weight is 506 g/mol. The number of halogens is 1. The minimum Gasteiger partial charge on any atom is -0.364 e. The first kappa shape index (κ1) is 23.7. The van der Waals surface area contributed by atoms with E-state index in [4.69, 9.17) is 0 Å². The number of aliphatic imine (C=N–C) groups is 1. The molecule has 0 radical (unpaired) electrons. The maximum atomic E-state index is 11.3. The van der Waals surface area contributed by atoms with Crippen LogP contribution >= 0.6 is 24.0 Å². The van der Waals surface area contributed by atoms with Crippen molar-refractivity contribution < 1.29 is 8.42 Å². The van der Waals surface area contributed by atoms with E-state index in [-0.39, 0.29) is 35.8 Å². The highest BCUT2D eigenvalue weighted by molar-refractivity contribution is 14.0. The molecule has 1 aliphatic heterocycles. The molecule has 6 nitrogen and oxygen atoms in total. The Morgan fingerprint density at radius 2 is 1.85 bits per heavy atom. The van der Waals surface area contributed by atoms with Gasteiger partial charge in [0.05, 0.1) is 12.3 Å². The number of rotatable bonds is 8. The largest absolute Gasteiger partial charge is 0.364 e. The SMILES string of the molecule is CCNC(=NCc1ccc(N2CC=CC2)cc1)NC(C)CCS(C)(=O)=O.I. The Kier molecular flexibility index (Phi) is 10.1. The Labute approximate surface area is 180 Å². The summed E-state index contributed by atoms with van der Waals surface area (Å²) in [6.07, 6.45) is 6.18. The number of benzene rings is 1. The fourth-order valence-corrected chi connectivity index (χ4v) is 3.47. The highest BCUT2D eigenvalue weighted by atomic mass is 127. The van der Waals surface area contributed by atoms with Crippen molar-refractivity contribution in [3.63, 3.8) is 0 Å². The van der Waals surface area contributed by atoms with Crippen LogP contribution in [0.4, 0.5) is 5.69 Å². The van der Waals surface area contributed by atoms with Crippen LogP contribution in [-0.2, 0) is 16.4 Å². The lowest BCUT2D eigenvalue weighted by Gasteiger charge is -2.18. The van der Waals surface area contributed by atoms with Crippen LogP contribution in [-0.4, -0.2) is 52.1 Å². The Morgan fingerprint density at radius 3 is 2.41 bits per heavy atom. The van der Waals surface area contributed by atoms with E-state index in [1.807, 2.05) is 13.8 Å². The summed E-state index contributed by atoms with van der Waals surface area (Å²) in [5, 5.41) is 6.48. The summed E-state index contributed by atoms with van der Waals surface area (Å²) in [5.41, 5.74) is 2.36. The molecule has 0 fully saturated rings. The van der Waals surface area contributed by atoms with Gasteiger partial charge in [-0.15, -0.1) is 24.0 Å². The van der Waals surface area contributed by atoms with Crippen LogP contribution < -0.4 is 15.5 Å². The van der Waals surface area contributed by atoms with E-state index < -0.39 is 9.84 Å². The fourth-order valence-electron chi connectivity index (χ4n) is 2.69. The molecule has 0 saturated carbocycles. The molecule has 1 unspecified atom stereocenters. The highest BCUT2D eigenvalue weighted by Gasteiger charge is 2.10. The van der Waals surface area contributed by atoms with Gasteiger partial charge in [-0.3, -0.25) is 0 Å². The van der Waals surface area contributed by atoms with Crippen LogP contribution in [0.3, 0.4) is 0 Å². The normalized spacial score (nSPS) is 15.4. The van der Waals surface area contributed by atoms with Gasteiger partial charge in [-0.25, -0.2) is 13.4 Å². The van der Waals surface area contributed by atoms with Gasteiger partial charge in [0, 0.05) is 37.6 Å². The van der Waals surface area contributed by atoms with Gasteiger partial charge in [0.1, 0.15) is 9.84 Å². The molecule has 1 heterocycles. The number of guanidine groups is 1. The van der Waals surface area contributed by atoms with Crippen molar-refractivity contribution in [3.05, 3.63) is 42.0 Å². The zero-order valence-electron chi connectivity index (χ0n) is 16.3. The fraction of sp³-hybridized carbons (Fsp3) is 0.526. The Bertz CT molecular complexity index is 725. The predicted octanol–water partition coefficient (Wildman–Crippen LogP) is 2.56. The van der Waals surface area contributed by atoms with Crippen LogP contribution in [0.25, 0.3) is 0 Å². The third-order valence-electron chi connectivity index (χ3n) is 4.19. The lowest BCUT2D eigenvalue weighted by Crippen LogP contribution is -2.42. The van der Waals surface area contributed by atoms with E-state index in [0.717, 1.165) is 25.2 Å². The minimum atomic E-state index is -2.94. The first-order valence-corrected chi connectivity index (χ1v) is 11.1. The van der Waals surface area contributed by atoms with Crippen LogP contribution in [0, 0.1) is 0 Å². The van der Waals surface area contributed by atoms with E-state index in [2.05, 4.69) is 56.9 Å². The minimum absolute atomic E-state index is 0. The predicted molar refractivity (Wildman–Crippen MR) is 125 cm³/mol. The van der Waals surface area contributed by atoms with Gasteiger partial charge in [-0.1, -0.05) is 24.3 Å². The Hall–Kier alpha value is -1.29. The molecule has 2 rings (SSSR count). The molecule has 1 atom stereocenters. The van der Waals surface area contributed by atoms with Crippen molar-refractivity contribution in [2.75, 3.05) is 36.5 Å². The van der Waals surface area contributed by atoms with E-state index in [0.29, 0.717) is 18.9 Å². The van der Waals surface area contributed by atoms with Crippen LogP contribution in [0.15, 0.2) is 41.4 Å². The zero-order valence-corrected chi connectivity index (χ0v) is 19.5. The summed E-state index contributed by atoms with van der Waals surface area (Å²) in [6, 6.07) is 8.51. The van der Waals surface area contributed by atoms with Gasteiger partial charge < -0.3 is 15.5 Å².